The molecule has 0 aromatic heterocycles. The van der Waals surface area contributed by atoms with E-state index in [0.717, 1.165) is 32.1 Å². The van der Waals surface area contributed by atoms with Crippen LogP contribution < -0.4 is 0 Å². The SMILES string of the molecule is CCCCC/C=C/C[C@@H]1O[C@@H]1C/C=C/C/C=C/CCCC(=O)OC. The maximum Gasteiger partial charge on any atom is 0.305 e. The quantitative estimate of drug-likeness (QED) is 0.182. The van der Waals surface area contributed by atoms with Crippen LogP contribution in [0.1, 0.15) is 71.1 Å². The van der Waals surface area contributed by atoms with E-state index in [1.54, 1.807) is 0 Å². The van der Waals surface area contributed by atoms with Gasteiger partial charge in [0, 0.05) is 6.42 Å². The van der Waals surface area contributed by atoms with Gasteiger partial charge in [0.2, 0.25) is 0 Å². The zero-order valence-electron chi connectivity index (χ0n) is 15.4. The van der Waals surface area contributed by atoms with Crippen molar-refractivity contribution in [3.05, 3.63) is 36.5 Å². The van der Waals surface area contributed by atoms with Gasteiger partial charge in [-0.3, -0.25) is 4.79 Å². The molecule has 1 rings (SSSR count). The van der Waals surface area contributed by atoms with Crippen molar-refractivity contribution in [1.29, 1.82) is 0 Å². The predicted molar refractivity (Wildman–Crippen MR) is 99.9 cm³/mol. The summed E-state index contributed by atoms with van der Waals surface area (Å²) >= 11 is 0. The number of methoxy groups -OCH3 is 1. The number of carbonyl (C=O) groups excluding carboxylic acids is 1. The van der Waals surface area contributed by atoms with Gasteiger partial charge in [-0.2, -0.15) is 0 Å². The third-order valence-corrected chi connectivity index (χ3v) is 4.15. The Labute approximate surface area is 147 Å². The summed E-state index contributed by atoms with van der Waals surface area (Å²) in [6.45, 7) is 2.24. The molecule has 1 fully saturated rings. The van der Waals surface area contributed by atoms with E-state index in [2.05, 4.69) is 48.1 Å². The molecule has 0 amide bonds. The van der Waals surface area contributed by atoms with Crippen LogP contribution >= 0.6 is 0 Å². The highest BCUT2D eigenvalue weighted by molar-refractivity contribution is 5.69. The minimum absolute atomic E-state index is 0.127. The fourth-order valence-corrected chi connectivity index (χ4v) is 2.54. The van der Waals surface area contributed by atoms with Crippen LogP contribution in [0.4, 0.5) is 0 Å². The van der Waals surface area contributed by atoms with E-state index in [-0.39, 0.29) is 5.97 Å². The first kappa shape index (κ1) is 20.7. The Hall–Kier alpha value is -1.35. The minimum Gasteiger partial charge on any atom is -0.469 e. The molecule has 3 nitrogen and oxygen atoms in total. The van der Waals surface area contributed by atoms with E-state index < -0.39 is 0 Å². The van der Waals surface area contributed by atoms with E-state index in [1.807, 2.05) is 0 Å². The lowest BCUT2D eigenvalue weighted by molar-refractivity contribution is -0.140. The summed E-state index contributed by atoms with van der Waals surface area (Å²) in [6, 6.07) is 0. The molecule has 3 heteroatoms. The van der Waals surface area contributed by atoms with Crippen LogP contribution in [-0.4, -0.2) is 25.3 Å². The van der Waals surface area contributed by atoms with Gasteiger partial charge in [-0.15, -0.1) is 0 Å². The summed E-state index contributed by atoms with van der Waals surface area (Å²) in [4.78, 5) is 10.9. The maximum atomic E-state index is 10.9. The largest absolute Gasteiger partial charge is 0.469 e. The number of esters is 1. The number of hydrogen-bond acceptors (Lipinski definition) is 3. The fraction of sp³-hybridized carbons (Fsp3) is 0.667. The summed E-state index contributed by atoms with van der Waals surface area (Å²) in [6.07, 6.45) is 24.6. The number of unbranched alkanes of at least 4 members (excludes halogenated alkanes) is 4. The van der Waals surface area contributed by atoms with Gasteiger partial charge in [-0.05, 0) is 44.9 Å². The Balaban J connectivity index is 1.92. The zero-order chi connectivity index (χ0) is 17.5. The molecular formula is C21H34O3. The van der Waals surface area contributed by atoms with Gasteiger partial charge < -0.3 is 9.47 Å². The molecule has 0 spiro atoms. The summed E-state index contributed by atoms with van der Waals surface area (Å²) in [5.74, 6) is -0.127. The average molecular weight is 335 g/mol. The maximum absolute atomic E-state index is 10.9. The van der Waals surface area contributed by atoms with E-state index in [4.69, 9.17) is 4.74 Å². The highest BCUT2D eigenvalue weighted by Gasteiger charge is 2.35. The highest BCUT2D eigenvalue weighted by atomic mass is 16.6. The van der Waals surface area contributed by atoms with Crippen LogP contribution in [0.25, 0.3) is 0 Å². The average Bonchev–Trinajstić information content (AvgIpc) is 3.34. The molecule has 0 aliphatic carbocycles. The van der Waals surface area contributed by atoms with Gasteiger partial charge in [0.05, 0.1) is 19.3 Å². The van der Waals surface area contributed by atoms with Crippen LogP contribution in [0.2, 0.25) is 0 Å². The van der Waals surface area contributed by atoms with Crippen LogP contribution in [0.5, 0.6) is 0 Å². The fourth-order valence-electron chi connectivity index (χ4n) is 2.54. The number of rotatable bonds is 14. The molecule has 0 aromatic rings. The van der Waals surface area contributed by atoms with Gasteiger partial charge in [0.25, 0.3) is 0 Å². The molecule has 1 saturated heterocycles. The highest BCUT2D eigenvalue weighted by Crippen LogP contribution is 2.29. The molecule has 0 aromatic carbocycles. The summed E-state index contributed by atoms with van der Waals surface area (Å²) in [5.41, 5.74) is 0. The zero-order valence-corrected chi connectivity index (χ0v) is 15.4. The molecule has 0 N–H and O–H groups in total. The number of allylic oxidation sites excluding steroid dienone is 4. The van der Waals surface area contributed by atoms with Crippen LogP contribution in [0, 0.1) is 0 Å². The van der Waals surface area contributed by atoms with Crippen molar-refractivity contribution in [2.75, 3.05) is 7.11 Å². The summed E-state index contributed by atoms with van der Waals surface area (Å²) < 4.78 is 10.3. The van der Waals surface area contributed by atoms with E-state index in [9.17, 15) is 4.79 Å². The Morgan fingerprint density at radius 3 is 2.25 bits per heavy atom. The van der Waals surface area contributed by atoms with Crippen molar-refractivity contribution < 1.29 is 14.3 Å². The van der Waals surface area contributed by atoms with Gasteiger partial charge in [0.1, 0.15) is 0 Å². The first-order valence-corrected chi connectivity index (χ1v) is 9.45. The smallest absolute Gasteiger partial charge is 0.305 e. The number of ether oxygens (including phenoxy) is 2. The lowest BCUT2D eigenvalue weighted by atomic mass is 10.1. The normalized spacial score (nSPS) is 20.4. The third-order valence-electron chi connectivity index (χ3n) is 4.15. The third kappa shape index (κ3) is 11.2. The molecule has 2 atom stereocenters. The van der Waals surface area contributed by atoms with E-state index >= 15 is 0 Å². The lowest BCUT2D eigenvalue weighted by Gasteiger charge is -1.95. The lowest BCUT2D eigenvalue weighted by Crippen LogP contribution is -1.98. The number of carbonyl (C=O) groups is 1. The molecule has 1 aliphatic rings. The molecular weight excluding hydrogens is 300 g/mol. The van der Waals surface area contributed by atoms with Crippen molar-refractivity contribution in [2.45, 2.75) is 83.3 Å². The van der Waals surface area contributed by atoms with Gasteiger partial charge in [-0.25, -0.2) is 0 Å². The molecule has 136 valence electrons. The van der Waals surface area contributed by atoms with Crippen molar-refractivity contribution in [3.8, 4) is 0 Å². The van der Waals surface area contributed by atoms with Crippen LogP contribution in [0.15, 0.2) is 36.5 Å². The van der Waals surface area contributed by atoms with E-state index in [0.29, 0.717) is 18.6 Å². The molecule has 1 aliphatic heterocycles. The molecule has 1 heterocycles. The number of epoxide rings is 1. The standard InChI is InChI=1S/C21H34O3/c1-3-4-5-6-10-13-16-19-20(24-19)17-14-11-8-7-9-12-15-18-21(22)23-2/h7,9-11,13-14,19-20H,3-6,8,12,15-18H2,1-2H3/b9-7+,13-10+,14-11+/t19-,20+/m0/s1. The Morgan fingerprint density at radius 2 is 1.54 bits per heavy atom. The number of hydrogen-bond donors (Lipinski definition) is 0. The first-order chi connectivity index (χ1) is 11.8. The Bertz CT molecular complexity index is 409. The monoisotopic (exact) mass is 334 g/mol. The molecule has 0 bridgehead atoms. The topological polar surface area (TPSA) is 38.8 Å². The second-order valence-corrected chi connectivity index (χ2v) is 6.30. The van der Waals surface area contributed by atoms with Crippen molar-refractivity contribution >= 4 is 5.97 Å². The molecule has 24 heavy (non-hydrogen) atoms. The minimum atomic E-state index is -0.127. The van der Waals surface area contributed by atoms with Gasteiger partial charge >= 0.3 is 5.97 Å². The predicted octanol–water partition coefficient (Wildman–Crippen LogP) is 5.52. The van der Waals surface area contributed by atoms with Crippen LogP contribution in [-0.2, 0) is 14.3 Å². The van der Waals surface area contributed by atoms with Crippen molar-refractivity contribution in [3.63, 3.8) is 0 Å². The van der Waals surface area contributed by atoms with Crippen molar-refractivity contribution in [1.82, 2.24) is 0 Å². The molecule has 0 unspecified atom stereocenters. The molecule has 0 radical (unpaired) electrons. The first-order valence-electron chi connectivity index (χ1n) is 9.45. The van der Waals surface area contributed by atoms with Crippen molar-refractivity contribution in [2.24, 2.45) is 0 Å². The van der Waals surface area contributed by atoms with Gasteiger partial charge in [0.15, 0.2) is 0 Å². The summed E-state index contributed by atoms with van der Waals surface area (Å²) in [7, 11) is 1.43. The second kappa shape index (κ2) is 14.0. The summed E-state index contributed by atoms with van der Waals surface area (Å²) in [5, 5.41) is 0. The second-order valence-electron chi connectivity index (χ2n) is 6.30. The van der Waals surface area contributed by atoms with E-state index in [1.165, 1.54) is 32.8 Å². The molecule has 0 saturated carbocycles. The van der Waals surface area contributed by atoms with Gasteiger partial charge in [-0.1, -0.05) is 56.2 Å². The Morgan fingerprint density at radius 1 is 0.917 bits per heavy atom. The Kier molecular flexibility index (Phi) is 12.1. The van der Waals surface area contributed by atoms with Crippen LogP contribution in [0.3, 0.4) is 0 Å².